The molecule has 106 valence electrons. The number of carbonyl (C=O) groups is 1. The summed E-state index contributed by atoms with van der Waals surface area (Å²) in [5.41, 5.74) is 1.86. The lowest BCUT2D eigenvalue weighted by Gasteiger charge is -2.28. The van der Waals surface area contributed by atoms with Gasteiger partial charge in [0.25, 0.3) is 0 Å². The fourth-order valence-electron chi connectivity index (χ4n) is 2.53. The smallest absolute Gasteiger partial charge is 0.222 e. The molecule has 0 saturated carbocycles. The van der Waals surface area contributed by atoms with Crippen molar-refractivity contribution >= 4 is 5.91 Å². The summed E-state index contributed by atoms with van der Waals surface area (Å²) in [6, 6.07) is 9.74. The van der Waals surface area contributed by atoms with Crippen molar-refractivity contribution in [1.82, 2.24) is 10.2 Å². The monoisotopic (exact) mass is 271 g/mol. The van der Waals surface area contributed by atoms with E-state index >= 15 is 0 Å². The van der Waals surface area contributed by atoms with E-state index in [1.807, 2.05) is 29.2 Å². The molecule has 1 N–H and O–H groups in total. The lowest BCUT2D eigenvalue weighted by molar-refractivity contribution is -0.132. The normalized spacial score (nSPS) is 16.5. The molecule has 1 saturated heterocycles. The summed E-state index contributed by atoms with van der Waals surface area (Å²) in [6.45, 7) is 5.55. The third-order valence-corrected chi connectivity index (χ3v) is 3.66. The minimum atomic E-state index is 0.257. The Bertz CT molecular complexity index is 483. The van der Waals surface area contributed by atoms with Crippen molar-refractivity contribution in [3.05, 3.63) is 35.4 Å². The molecule has 0 aromatic heterocycles. The Kier molecular flexibility index (Phi) is 5.14. The zero-order chi connectivity index (χ0) is 14.4. The molecule has 0 spiro atoms. The van der Waals surface area contributed by atoms with Gasteiger partial charge >= 0.3 is 0 Å². The van der Waals surface area contributed by atoms with Gasteiger partial charge < -0.3 is 10.2 Å². The van der Waals surface area contributed by atoms with E-state index in [2.05, 4.69) is 18.3 Å². The van der Waals surface area contributed by atoms with Crippen LogP contribution in [0.15, 0.2) is 24.3 Å². The lowest BCUT2D eigenvalue weighted by atomic mass is 9.97. The molecule has 1 atom stereocenters. The molecule has 2 rings (SSSR count). The predicted octanol–water partition coefficient (Wildman–Crippen LogP) is 1.56. The summed E-state index contributed by atoms with van der Waals surface area (Å²) >= 11 is 0. The van der Waals surface area contributed by atoms with Crippen LogP contribution in [0.5, 0.6) is 0 Å². The van der Waals surface area contributed by atoms with E-state index in [1.54, 1.807) is 0 Å². The summed E-state index contributed by atoms with van der Waals surface area (Å²) in [4.78, 5) is 14.1. The van der Waals surface area contributed by atoms with Crippen LogP contribution in [0.2, 0.25) is 0 Å². The van der Waals surface area contributed by atoms with Gasteiger partial charge in [0.05, 0.1) is 11.6 Å². The molecule has 1 aliphatic rings. The van der Waals surface area contributed by atoms with E-state index in [0.717, 1.165) is 32.6 Å². The quantitative estimate of drug-likeness (QED) is 0.904. The van der Waals surface area contributed by atoms with Crippen molar-refractivity contribution in [1.29, 1.82) is 5.26 Å². The average Bonchev–Trinajstić information content (AvgIpc) is 2.49. The Labute approximate surface area is 120 Å². The maximum Gasteiger partial charge on any atom is 0.222 e. The zero-order valence-corrected chi connectivity index (χ0v) is 11.9. The molecule has 0 bridgehead atoms. The number of hydrogen-bond acceptors (Lipinski definition) is 3. The third kappa shape index (κ3) is 4.07. The number of piperazine rings is 1. The highest BCUT2D eigenvalue weighted by atomic mass is 16.2. The molecule has 1 heterocycles. The summed E-state index contributed by atoms with van der Waals surface area (Å²) in [7, 11) is 0. The maximum atomic E-state index is 12.2. The lowest BCUT2D eigenvalue weighted by Crippen LogP contribution is -2.46. The van der Waals surface area contributed by atoms with Crippen molar-refractivity contribution in [2.24, 2.45) is 5.92 Å². The number of carbonyl (C=O) groups excluding carboxylic acids is 1. The summed E-state index contributed by atoms with van der Waals surface area (Å²) in [6.07, 6.45) is 1.48. The predicted molar refractivity (Wildman–Crippen MR) is 78.1 cm³/mol. The number of nitriles is 1. The highest BCUT2D eigenvalue weighted by Crippen LogP contribution is 2.14. The molecule has 1 aliphatic heterocycles. The van der Waals surface area contributed by atoms with Gasteiger partial charge in [-0.15, -0.1) is 0 Å². The number of benzene rings is 1. The van der Waals surface area contributed by atoms with Crippen molar-refractivity contribution in [3.8, 4) is 6.07 Å². The van der Waals surface area contributed by atoms with Gasteiger partial charge in [-0.05, 0) is 30.0 Å². The Morgan fingerprint density at radius 2 is 2.00 bits per heavy atom. The Morgan fingerprint density at radius 1 is 1.35 bits per heavy atom. The molecule has 1 amide bonds. The van der Waals surface area contributed by atoms with E-state index in [4.69, 9.17) is 5.26 Å². The van der Waals surface area contributed by atoms with Gasteiger partial charge in [0, 0.05) is 32.6 Å². The minimum Gasteiger partial charge on any atom is -0.340 e. The molecule has 1 aromatic carbocycles. The molecule has 1 unspecified atom stereocenters. The first-order valence-corrected chi connectivity index (χ1v) is 7.16. The average molecular weight is 271 g/mol. The molecule has 0 radical (unpaired) electrons. The van der Waals surface area contributed by atoms with Crippen molar-refractivity contribution < 1.29 is 4.79 Å². The van der Waals surface area contributed by atoms with E-state index in [-0.39, 0.29) is 5.91 Å². The van der Waals surface area contributed by atoms with Gasteiger partial charge in [-0.3, -0.25) is 4.79 Å². The Morgan fingerprint density at radius 3 is 2.60 bits per heavy atom. The van der Waals surface area contributed by atoms with Gasteiger partial charge in [0.15, 0.2) is 0 Å². The molecule has 0 aliphatic carbocycles. The van der Waals surface area contributed by atoms with Crippen LogP contribution in [-0.4, -0.2) is 37.0 Å². The van der Waals surface area contributed by atoms with Gasteiger partial charge in [0.1, 0.15) is 0 Å². The number of rotatable bonds is 4. The molecule has 20 heavy (non-hydrogen) atoms. The Balaban J connectivity index is 1.83. The second-order valence-corrected chi connectivity index (χ2v) is 5.45. The van der Waals surface area contributed by atoms with Crippen LogP contribution in [0.4, 0.5) is 0 Å². The first kappa shape index (κ1) is 14.5. The second kappa shape index (κ2) is 7.06. The summed E-state index contributed by atoms with van der Waals surface area (Å²) in [5, 5.41) is 12.0. The first-order valence-electron chi connectivity index (χ1n) is 7.16. The number of nitrogens with one attached hydrogen (secondary N) is 1. The van der Waals surface area contributed by atoms with Crippen LogP contribution < -0.4 is 5.32 Å². The van der Waals surface area contributed by atoms with Crippen LogP contribution in [0.1, 0.15) is 24.5 Å². The maximum absolute atomic E-state index is 12.2. The standard InChI is InChI=1S/C16H21N3O/c1-13(10-14-2-4-15(12-17)5-3-14)11-16(20)19-8-6-18-7-9-19/h2-5,13,18H,6-11H2,1H3. The molecule has 1 aromatic rings. The highest BCUT2D eigenvalue weighted by molar-refractivity contribution is 5.76. The van der Waals surface area contributed by atoms with Crippen LogP contribution >= 0.6 is 0 Å². The first-order chi connectivity index (χ1) is 9.69. The molecule has 4 heteroatoms. The van der Waals surface area contributed by atoms with Crippen LogP contribution in [0.25, 0.3) is 0 Å². The van der Waals surface area contributed by atoms with Gasteiger partial charge in [-0.25, -0.2) is 0 Å². The fourth-order valence-corrected chi connectivity index (χ4v) is 2.53. The van der Waals surface area contributed by atoms with Crippen molar-refractivity contribution in [2.75, 3.05) is 26.2 Å². The number of hydrogen-bond donors (Lipinski definition) is 1. The van der Waals surface area contributed by atoms with Crippen LogP contribution in [0.3, 0.4) is 0 Å². The largest absolute Gasteiger partial charge is 0.340 e. The van der Waals surface area contributed by atoms with E-state index in [9.17, 15) is 4.79 Å². The molecular weight excluding hydrogens is 250 g/mol. The van der Waals surface area contributed by atoms with Crippen molar-refractivity contribution in [2.45, 2.75) is 19.8 Å². The van der Waals surface area contributed by atoms with E-state index < -0.39 is 0 Å². The van der Waals surface area contributed by atoms with E-state index in [1.165, 1.54) is 5.56 Å². The number of nitrogens with zero attached hydrogens (tertiary/aromatic N) is 2. The third-order valence-electron chi connectivity index (χ3n) is 3.66. The minimum absolute atomic E-state index is 0.257. The SMILES string of the molecule is CC(CC(=O)N1CCNCC1)Cc1ccc(C#N)cc1. The van der Waals surface area contributed by atoms with Crippen LogP contribution in [0, 0.1) is 17.2 Å². The second-order valence-electron chi connectivity index (χ2n) is 5.45. The van der Waals surface area contributed by atoms with Crippen LogP contribution in [-0.2, 0) is 11.2 Å². The molecule has 1 fully saturated rings. The van der Waals surface area contributed by atoms with Crippen molar-refractivity contribution in [3.63, 3.8) is 0 Å². The molecular formula is C16H21N3O. The zero-order valence-electron chi connectivity index (χ0n) is 11.9. The van der Waals surface area contributed by atoms with Gasteiger partial charge in [-0.1, -0.05) is 19.1 Å². The summed E-state index contributed by atoms with van der Waals surface area (Å²) in [5.74, 6) is 0.581. The summed E-state index contributed by atoms with van der Waals surface area (Å²) < 4.78 is 0. The van der Waals surface area contributed by atoms with E-state index in [0.29, 0.717) is 17.9 Å². The van der Waals surface area contributed by atoms with Gasteiger partial charge in [0.2, 0.25) is 5.91 Å². The van der Waals surface area contributed by atoms with Gasteiger partial charge in [-0.2, -0.15) is 5.26 Å². The Hall–Kier alpha value is -1.86. The highest BCUT2D eigenvalue weighted by Gasteiger charge is 2.18. The molecule has 4 nitrogen and oxygen atoms in total. The topological polar surface area (TPSA) is 56.1 Å². The number of amides is 1. The fraction of sp³-hybridized carbons (Fsp3) is 0.500.